The van der Waals surface area contributed by atoms with Gasteiger partial charge in [-0.3, -0.25) is 14.2 Å². The SMILES string of the molecule is COc1ccc(F)cc1[C@@H](Cn1c(=O)n(C(C)(C)C(=O)CC(C)C)c(=O)c2c(C)c(-n3nccn3)sc21)OC(=O)C(C)(C)O. The van der Waals surface area contributed by atoms with Gasteiger partial charge in [0, 0.05) is 17.5 Å². The van der Waals surface area contributed by atoms with Gasteiger partial charge in [0.2, 0.25) is 0 Å². The van der Waals surface area contributed by atoms with E-state index in [9.17, 15) is 28.7 Å². The minimum Gasteiger partial charge on any atom is -0.496 e. The van der Waals surface area contributed by atoms with Gasteiger partial charge < -0.3 is 14.6 Å². The molecule has 0 unspecified atom stereocenters. The predicted molar refractivity (Wildman–Crippen MR) is 162 cm³/mol. The molecule has 12 nitrogen and oxygen atoms in total. The number of Topliss-reactive ketones (excluding diaryl/α,β-unsaturated/α-hetero) is 1. The van der Waals surface area contributed by atoms with Crippen LogP contribution in [-0.2, 0) is 26.4 Å². The van der Waals surface area contributed by atoms with Crippen molar-refractivity contribution in [3.63, 3.8) is 0 Å². The Hall–Kier alpha value is -4.17. The third-order valence-electron chi connectivity index (χ3n) is 7.26. The molecule has 0 saturated carbocycles. The number of benzene rings is 1. The number of carbonyl (C=O) groups is 2. The number of ketones is 1. The first kappa shape index (κ1) is 32.7. The zero-order chi connectivity index (χ0) is 32.7. The number of aryl methyl sites for hydroxylation is 1. The van der Waals surface area contributed by atoms with Gasteiger partial charge in [-0.15, -0.1) is 4.80 Å². The molecule has 14 heteroatoms. The maximum Gasteiger partial charge on any atom is 0.338 e. The van der Waals surface area contributed by atoms with Crippen molar-refractivity contribution in [3.05, 3.63) is 68.4 Å². The first-order valence-electron chi connectivity index (χ1n) is 13.9. The van der Waals surface area contributed by atoms with Crippen molar-refractivity contribution < 1.29 is 28.6 Å². The maximum atomic E-state index is 14.6. The second kappa shape index (κ2) is 12.1. The number of fused-ring (bicyclic) bond motifs is 1. The maximum absolute atomic E-state index is 14.6. The highest BCUT2D eigenvalue weighted by Crippen LogP contribution is 2.35. The van der Waals surface area contributed by atoms with Crippen molar-refractivity contribution in [1.29, 1.82) is 0 Å². The van der Waals surface area contributed by atoms with Crippen molar-refractivity contribution in [1.82, 2.24) is 24.1 Å². The third kappa shape index (κ3) is 6.09. The molecule has 0 spiro atoms. The van der Waals surface area contributed by atoms with Gasteiger partial charge >= 0.3 is 11.7 Å². The van der Waals surface area contributed by atoms with E-state index in [4.69, 9.17) is 9.47 Å². The lowest BCUT2D eigenvalue weighted by molar-refractivity contribution is -0.168. The van der Waals surface area contributed by atoms with Crippen LogP contribution in [0.3, 0.4) is 0 Å². The Kier molecular flexibility index (Phi) is 8.99. The summed E-state index contributed by atoms with van der Waals surface area (Å²) in [5, 5.41) is 19.3. The summed E-state index contributed by atoms with van der Waals surface area (Å²) in [7, 11) is 1.35. The number of carbonyl (C=O) groups excluding carboxylic acids is 2. The monoisotopic (exact) mass is 629 g/mol. The average Bonchev–Trinajstić information content (AvgIpc) is 3.57. The highest BCUT2D eigenvalue weighted by molar-refractivity contribution is 7.21. The van der Waals surface area contributed by atoms with E-state index in [2.05, 4.69) is 10.2 Å². The summed E-state index contributed by atoms with van der Waals surface area (Å²) in [6, 6.07) is 3.62. The van der Waals surface area contributed by atoms with Crippen LogP contribution < -0.4 is 16.0 Å². The number of nitrogens with zero attached hydrogens (tertiary/aromatic N) is 5. The lowest BCUT2D eigenvalue weighted by atomic mass is 9.91. The summed E-state index contributed by atoms with van der Waals surface area (Å²) in [5.41, 5.74) is -4.45. The molecule has 1 aromatic carbocycles. The minimum atomic E-state index is -1.93. The Labute approximate surface area is 256 Å². The van der Waals surface area contributed by atoms with Gasteiger partial charge in [-0.25, -0.2) is 18.5 Å². The molecule has 0 fully saturated rings. The summed E-state index contributed by atoms with van der Waals surface area (Å²) in [6.07, 6.45) is 1.68. The van der Waals surface area contributed by atoms with Crippen molar-refractivity contribution in [3.8, 4) is 10.8 Å². The van der Waals surface area contributed by atoms with Gasteiger partial charge in [0.15, 0.2) is 11.4 Å². The molecular weight excluding hydrogens is 593 g/mol. The number of halogens is 1. The number of aliphatic hydroxyl groups is 1. The molecule has 0 aliphatic carbocycles. The summed E-state index contributed by atoms with van der Waals surface area (Å²) >= 11 is 1.06. The van der Waals surface area contributed by atoms with Crippen LogP contribution in [0.4, 0.5) is 4.39 Å². The number of thiophene rings is 1. The van der Waals surface area contributed by atoms with Gasteiger partial charge in [0.1, 0.15) is 33.0 Å². The third-order valence-corrected chi connectivity index (χ3v) is 8.54. The van der Waals surface area contributed by atoms with E-state index in [1.54, 1.807) is 6.92 Å². The molecule has 236 valence electrons. The molecule has 0 radical (unpaired) electrons. The largest absolute Gasteiger partial charge is 0.496 e. The minimum absolute atomic E-state index is 0.0325. The van der Waals surface area contributed by atoms with Crippen LogP contribution in [0.15, 0.2) is 40.2 Å². The standard InChI is InChI=1S/C30H36FN5O7S/c1-16(2)13-22(37)29(4,5)35-24(38)23-17(3)25(36-32-11-12-33-36)44-26(23)34(28(35)40)15-21(43-27(39)30(6,7)41)19-14-18(31)9-10-20(19)42-8/h9-12,14,16,21,41H,13,15H2,1-8H3/t21-/m1/s1. The van der Waals surface area contributed by atoms with Gasteiger partial charge in [-0.1, -0.05) is 25.2 Å². The fourth-order valence-corrected chi connectivity index (χ4v) is 6.06. The van der Waals surface area contributed by atoms with Crippen molar-refractivity contribution >= 4 is 33.3 Å². The van der Waals surface area contributed by atoms with E-state index in [0.717, 1.165) is 28.0 Å². The van der Waals surface area contributed by atoms with Crippen molar-refractivity contribution in [2.24, 2.45) is 5.92 Å². The first-order chi connectivity index (χ1) is 20.5. The summed E-state index contributed by atoms with van der Waals surface area (Å²) < 4.78 is 27.8. The number of aromatic nitrogens is 5. The number of hydrogen-bond donors (Lipinski definition) is 1. The van der Waals surface area contributed by atoms with Crippen molar-refractivity contribution in [2.45, 2.75) is 78.7 Å². The van der Waals surface area contributed by atoms with E-state index >= 15 is 0 Å². The average molecular weight is 630 g/mol. The van der Waals surface area contributed by atoms with E-state index < -0.39 is 46.8 Å². The molecule has 1 N–H and O–H groups in total. The zero-order valence-corrected chi connectivity index (χ0v) is 26.7. The quantitative estimate of drug-likeness (QED) is 0.246. The molecule has 0 amide bonds. The van der Waals surface area contributed by atoms with Crippen LogP contribution in [0.5, 0.6) is 5.75 Å². The van der Waals surface area contributed by atoms with Crippen molar-refractivity contribution in [2.75, 3.05) is 7.11 Å². The normalized spacial score (nSPS) is 13.0. The molecule has 4 rings (SSSR count). The number of rotatable bonds is 11. The lowest BCUT2D eigenvalue weighted by Gasteiger charge is -2.29. The molecule has 0 aliphatic rings. The Morgan fingerprint density at radius 3 is 2.32 bits per heavy atom. The van der Waals surface area contributed by atoms with Gasteiger partial charge in [0.25, 0.3) is 5.56 Å². The molecule has 44 heavy (non-hydrogen) atoms. The van der Waals surface area contributed by atoms with E-state index in [0.29, 0.717) is 10.6 Å². The summed E-state index contributed by atoms with van der Waals surface area (Å²) in [4.78, 5) is 56.4. The molecule has 0 saturated heterocycles. The molecular formula is C30H36FN5O7S. The molecule has 3 aromatic heterocycles. The summed E-state index contributed by atoms with van der Waals surface area (Å²) in [6.45, 7) is 10.5. The highest BCUT2D eigenvalue weighted by Gasteiger charge is 2.37. The van der Waals surface area contributed by atoms with Gasteiger partial charge in [-0.05, 0) is 58.7 Å². The van der Waals surface area contributed by atoms with E-state index in [-0.39, 0.29) is 39.7 Å². The number of esters is 1. The van der Waals surface area contributed by atoms with Gasteiger partial charge in [-0.2, -0.15) is 10.2 Å². The fraction of sp³-hybridized carbons (Fsp3) is 0.467. The highest BCUT2D eigenvalue weighted by atomic mass is 32.1. The lowest BCUT2D eigenvalue weighted by Crippen LogP contribution is -2.53. The Morgan fingerprint density at radius 2 is 1.75 bits per heavy atom. The number of hydrogen-bond acceptors (Lipinski definition) is 10. The van der Waals surface area contributed by atoms with Gasteiger partial charge in [0.05, 0.1) is 31.4 Å². The van der Waals surface area contributed by atoms with Crippen LogP contribution in [-0.4, -0.2) is 53.7 Å². The molecule has 3 heterocycles. The van der Waals surface area contributed by atoms with Crippen LogP contribution in [0.1, 0.15) is 65.2 Å². The van der Waals surface area contributed by atoms with Crippen LogP contribution in [0.25, 0.3) is 15.2 Å². The smallest absolute Gasteiger partial charge is 0.338 e. The Morgan fingerprint density at radius 1 is 1.11 bits per heavy atom. The molecule has 4 aromatic rings. The number of methoxy groups -OCH3 is 1. The van der Waals surface area contributed by atoms with Crippen LogP contribution >= 0.6 is 11.3 Å². The molecule has 0 bridgehead atoms. The van der Waals surface area contributed by atoms with Crippen LogP contribution in [0.2, 0.25) is 0 Å². The zero-order valence-electron chi connectivity index (χ0n) is 25.9. The number of ether oxygens (including phenoxy) is 2. The van der Waals surface area contributed by atoms with Crippen LogP contribution in [0, 0.1) is 18.7 Å². The Bertz CT molecular complexity index is 1830. The molecule has 1 atom stereocenters. The van der Waals surface area contributed by atoms with E-state index in [1.165, 1.54) is 62.6 Å². The predicted octanol–water partition coefficient (Wildman–Crippen LogP) is 3.67. The Balaban J connectivity index is 2.07. The second-order valence-corrected chi connectivity index (χ2v) is 13.0. The fourth-order valence-electron chi connectivity index (χ4n) is 4.84. The van der Waals surface area contributed by atoms with E-state index in [1.807, 2.05) is 13.8 Å². The molecule has 0 aliphatic heterocycles. The second-order valence-electron chi connectivity index (χ2n) is 12.0. The summed E-state index contributed by atoms with van der Waals surface area (Å²) in [5.74, 6) is -1.89. The first-order valence-corrected chi connectivity index (χ1v) is 14.8. The topological polar surface area (TPSA) is 148 Å².